The van der Waals surface area contributed by atoms with E-state index in [0.717, 1.165) is 37.2 Å². The number of piperidine rings is 1. The van der Waals surface area contributed by atoms with Gasteiger partial charge in [-0.1, -0.05) is 26.0 Å². The smallest absolute Gasteiger partial charge is 0.234 e. The number of hydrogen-bond donors (Lipinski definition) is 1. The summed E-state index contributed by atoms with van der Waals surface area (Å²) in [7, 11) is 1.64. The van der Waals surface area contributed by atoms with Gasteiger partial charge in [-0.25, -0.2) is 0 Å². The maximum Gasteiger partial charge on any atom is 0.234 e. The summed E-state index contributed by atoms with van der Waals surface area (Å²) in [5.41, 5.74) is 1.73. The molecule has 1 unspecified atom stereocenters. The summed E-state index contributed by atoms with van der Waals surface area (Å²) >= 11 is 0. The maximum atomic E-state index is 13.0. The second-order valence-electron chi connectivity index (χ2n) is 9.34. The second-order valence-corrected chi connectivity index (χ2v) is 9.34. The molecule has 0 spiro atoms. The van der Waals surface area contributed by atoms with Gasteiger partial charge in [0.2, 0.25) is 5.91 Å². The number of likely N-dealkylation sites (tertiary alicyclic amines) is 1. The van der Waals surface area contributed by atoms with Gasteiger partial charge in [0, 0.05) is 11.5 Å². The van der Waals surface area contributed by atoms with Crippen molar-refractivity contribution in [3.63, 3.8) is 0 Å². The molecule has 1 N–H and O–H groups in total. The average molecular weight is 467 g/mol. The molecule has 2 aromatic rings. The molecule has 0 radical (unpaired) electrons. The predicted molar refractivity (Wildman–Crippen MR) is 130 cm³/mol. The van der Waals surface area contributed by atoms with Crippen molar-refractivity contribution in [1.82, 2.24) is 10.2 Å². The van der Waals surface area contributed by atoms with Crippen LogP contribution in [0.5, 0.6) is 17.2 Å². The van der Waals surface area contributed by atoms with Gasteiger partial charge in [0.25, 0.3) is 0 Å². The monoisotopic (exact) mass is 466 g/mol. The zero-order valence-corrected chi connectivity index (χ0v) is 20.2. The molecule has 0 aliphatic carbocycles. The molecule has 0 bridgehead atoms. The van der Waals surface area contributed by atoms with Crippen molar-refractivity contribution < 1.29 is 23.8 Å². The Morgan fingerprint density at radius 3 is 2.35 bits per heavy atom. The fraction of sp³-hybridized carbons (Fsp3) is 0.481. The van der Waals surface area contributed by atoms with Crippen LogP contribution < -0.4 is 19.5 Å². The molecule has 1 amide bonds. The molecule has 2 aromatic carbocycles. The molecule has 2 aliphatic rings. The largest absolute Gasteiger partial charge is 0.497 e. The number of carbonyl (C=O) groups is 2. The number of carbonyl (C=O) groups excluding carboxylic acids is 2. The number of fused-ring (bicyclic) bond motifs is 1. The summed E-state index contributed by atoms with van der Waals surface area (Å²) in [6.45, 7) is 7.02. The van der Waals surface area contributed by atoms with Crippen LogP contribution in [0, 0.1) is 11.8 Å². The molecule has 1 atom stereocenters. The molecule has 7 heteroatoms. The third-order valence-electron chi connectivity index (χ3n) is 6.61. The second kappa shape index (κ2) is 10.9. The fourth-order valence-electron chi connectivity index (χ4n) is 4.65. The van der Waals surface area contributed by atoms with Crippen LogP contribution in [0.4, 0.5) is 0 Å². The standard InChI is InChI=1S/C27H34N2O5/c1-18(2)26(19-4-7-22(32-3)8-5-19)28-25(30)17-29-12-10-20(11-13-29)27(31)21-6-9-23-24(16-21)34-15-14-33-23/h4-9,16,18,20,26H,10-15,17H2,1-3H3,(H,28,30). The Hall–Kier alpha value is -3.06. The van der Waals surface area contributed by atoms with Gasteiger partial charge in [-0.2, -0.15) is 0 Å². The number of ketones is 1. The van der Waals surface area contributed by atoms with Crippen LogP contribution in [-0.2, 0) is 4.79 Å². The number of rotatable bonds is 8. The first-order chi connectivity index (χ1) is 16.4. The van der Waals surface area contributed by atoms with Gasteiger partial charge < -0.3 is 19.5 Å². The molecule has 0 saturated carbocycles. The molecule has 1 fully saturated rings. The lowest BCUT2D eigenvalue weighted by Crippen LogP contribution is -2.44. The summed E-state index contributed by atoms with van der Waals surface area (Å²) in [5, 5.41) is 3.19. The first kappa shape index (κ1) is 24.1. The molecule has 2 heterocycles. The molecule has 34 heavy (non-hydrogen) atoms. The molecule has 0 aromatic heterocycles. The summed E-state index contributed by atoms with van der Waals surface area (Å²) in [6, 6.07) is 13.2. The highest BCUT2D eigenvalue weighted by Gasteiger charge is 2.28. The van der Waals surface area contributed by atoms with Crippen molar-refractivity contribution in [1.29, 1.82) is 0 Å². The summed E-state index contributed by atoms with van der Waals surface area (Å²) < 4.78 is 16.4. The van der Waals surface area contributed by atoms with E-state index in [9.17, 15) is 9.59 Å². The van der Waals surface area contributed by atoms with Crippen LogP contribution >= 0.6 is 0 Å². The number of ether oxygens (including phenoxy) is 3. The Morgan fingerprint density at radius 1 is 1.03 bits per heavy atom. The minimum absolute atomic E-state index is 0.00568. The molecular weight excluding hydrogens is 432 g/mol. The molecule has 7 nitrogen and oxygen atoms in total. The summed E-state index contributed by atoms with van der Waals surface area (Å²) in [4.78, 5) is 28.0. The van der Waals surface area contributed by atoms with Gasteiger partial charge in [0.15, 0.2) is 17.3 Å². The zero-order valence-electron chi connectivity index (χ0n) is 20.2. The van der Waals surface area contributed by atoms with E-state index in [2.05, 4.69) is 24.1 Å². The van der Waals surface area contributed by atoms with Gasteiger partial charge in [-0.3, -0.25) is 14.5 Å². The van der Waals surface area contributed by atoms with Gasteiger partial charge >= 0.3 is 0 Å². The lowest BCUT2D eigenvalue weighted by Gasteiger charge is -2.32. The third kappa shape index (κ3) is 5.70. The van der Waals surface area contributed by atoms with Gasteiger partial charge in [0.05, 0.1) is 19.7 Å². The average Bonchev–Trinajstić information content (AvgIpc) is 2.87. The molecule has 182 valence electrons. The van der Waals surface area contributed by atoms with Crippen LogP contribution in [-0.4, -0.2) is 56.5 Å². The van der Waals surface area contributed by atoms with E-state index in [-0.39, 0.29) is 29.6 Å². The Morgan fingerprint density at radius 2 is 1.71 bits per heavy atom. The number of Topliss-reactive ketones (excluding diaryl/α,β-unsaturated/α-hetero) is 1. The van der Waals surface area contributed by atoms with E-state index >= 15 is 0 Å². The fourth-order valence-corrected chi connectivity index (χ4v) is 4.65. The van der Waals surface area contributed by atoms with Crippen molar-refractivity contribution >= 4 is 11.7 Å². The van der Waals surface area contributed by atoms with Crippen LogP contribution in [0.3, 0.4) is 0 Å². The van der Waals surface area contributed by atoms with Gasteiger partial charge in [-0.15, -0.1) is 0 Å². The van der Waals surface area contributed by atoms with Crippen molar-refractivity contribution in [2.75, 3.05) is 40.0 Å². The minimum Gasteiger partial charge on any atom is -0.497 e. The first-order valence-corrected chi connectivity index (χ1v) is 12.0. The quantitative estimate of drug-likeness (QED) is 0.595. The van der Waals surface area contributed by atoms with Crippen molar-refractivity contribution in [2.45, 2.75) is 32.7 Å². The highest BCUT2D eigenvalue weighted by atomic mass is 16.6. The normalized spacial score (nSPS) is 17.3. The number of methoxy groups -OCH3 is 1. The Kier molecular flexibility index (Phi) is 7.73. The third-order valence-corrected chi connectivity index (χ3v) is 6.61. The zero-order chi connectivity index (χ0) is 24.1. The van der Waals surface area contributed by atoms with Gasteiger partial charge in [-0.05, 0) is 67.7 Å². The Balaban J connectivity index is 1.29. The number of nitrogens with zero attached hydrogens (tertiary/aromatic N) is 1. The van der Waals surface area contributed by atoms with E-state index < -0.39 is 0 Å². The predicted octanol–water partition coefficient (Wildman–Crippen LogP) is 3.87. The van der Waals surface area contributed by atoms with Gasteiger partial charge in [0.1, 0.15) is 19.0 Å². The highest BCUT2D eigenvalue weighted by molar-refractivity contribution is 5.98. The highest BCUT2D eigenvalue weighted by Crippen LogP contribution is 2.32. The molecule has 1 saturated heterocycles. The molecule has 4 rings (SSSR count). The van der Waals surface area contributed by atoms with Crippen molar-refractivity contribution in [3.8, 4) is 17.2 Å². The summed E-state index contributed by atoms with van der Waals surface area (Å²) in [6.07, 6.45) is 1.49. The Labute approximate surface area is 201 Å². The first-order valence-electron chi connectivity index (χ1n) is 12.0. The van der Waals surface area contributed by atoms with Crippen molar-refractivity contribution in [3.05, 3.63) is 53.6 Å². The van der Waals surface area contributed by atoms with E-state index in [1.165, 1.54) is 0 Å². The van der Waals surface area contributed by atoms with E-state index in [1.807, 2.05) is 36.4 Å². The maximum absolute atomic E-state index is 13.0. The van der Waals surface area contributed by atoms with E-state index in [4.69, 9.17) is 14.2 Å². The number of benzene rings is 2. The van der Waals surface area contributed by atoms with Crippen LogP contribution in [0.2, 0.25) is 0 Å². The minimum atomic E-state index is -0.0623. The Bertz CT molecular complexity index is 997. The molecular formula is C27H34N2O5. The topological polar surface area (TPSA) is 77.1 Å². The SMILES string of the molecule is COc1ccc(C(NC(=O)CN2CCC(C(=O)c3ccc4c(c3)OCCO4)CC2)C(C)C)cc1. The number of nitrogens with one attached hydrogen (secondary N) is 1. The van der Waals surface area contributed by atoms with Crippen LogP contribution in [0.25, 0.3) is 0 Å². The van der Waals surface area contributed by atoms with E-state index in [1.54, 1.807) is 13.2 Å². The lowest BCUT2D eigenvalue weighted by molar-refractivity contribution is -0.123. The van der Waals surface area contributed by atoms with Crippen molar-refractivity contribution in [2.24, 2.45) is 11.8 Å². The van der Waals surface area contributed by atoms with E-state index in [0.29, 0.717) is 36.8 Å². The lowest BCUT2D eigenvalue weighted by atomic mass is 9.88. The van der Waals surface area contributed by atoms with Crippen LogP contribution in [0.15, 0.2) is 42.5 Å². The number of amides is 1. The molecule has 2 aliphatic heterocycles. The summed E-state index contributed by atoms with van der Waals surface area (Å²) in [5.74, 6) is 2.50. The van der Waals surface area contributed by atoms with Crippen LogP contribution in [0.1, 0.15) is 48.7 Å². The number of hydrogen-bond acceptors (Lipinski definition) is 6.